The van der Waals surface area contributed by atoms with Crippen LogP contribution in [0.1, 0.15) is 109 Å². The number of amides is 2. The van der Waals surface area contributed by atoms with Crippen molar-refractivity contribution in [1.29, 1.82) is 0 Å². The summed E-state index contributed by atoms with van der Waals surface area (Å²) in [5, 5.41) is 5.72. The van der Waals surface area contributed by atoms with Crippen LogP contribution < -0.4 is 16.4 Å². The van der Waals surface area contributed by atoms with Gasteiger partial charge < -0.3 is 16.4 Å². The standard InChI is InChI=1S/C34H35FN4O2.C5H10.C2H6/c1-3-6-22-9-13-31(36)30(15-22)23-10-14-32(37-20-23)28-7-4-5-8-34(41)39-33-19-27(38-21(2)40)11-12-29(33)25-16-24(28)17-26(35)18-25;1-5-3-2-4-5;1-2/h9-20,28H,3-8,36H2,1-2H3,(H,38,40)(H,39,41);5H,2-4H2,1H3;1-2H3. The van der Waals surface area contributed by atoms with Crippen molar-refractivity contribution in [1.82, 2.24) is 4.98 Å². The van der Waals surface area contributed by atoms with Gasteiger partial charge in [0.2, 0.25) is 11.8 Å². The summed E-state index contributed by atoms with van der Waals surface area (Å²) in [7, 11) is 0. The van der Waals surface area contributed by atoms with Crippen LogP contribution >= 0.6 is 0 Å². The Labute approximate surface area is 285 Å². The number of aryl methyl sites for hydroxylation is 1. The molecule has 2 amide bonds. The molecule has 6 rings (SSSR count). The van der Waals surface area contributed by atoms with Crippen molar-refractivity contribution < 1.29 is 14.0 Å². The normalized spacial score (nSPS) is 15.8. The molecule has 4 N–H and O–H groups in total. The highest BCUT2D eigenvalue weighted by molar-refractivity contribution is 5.98. The Morgan fingerprint density at radius 2 is 1.71 bits per heavy atom. The molecular weight excluding hydrogens is 599 g/mol. The number of nitrogens with two attached hydrogens (primary N) is 1. The number of nitrogens with zero attached hydrogens (tertiary/aromatic N) is 1. The summed E-state index contributed by atoms with van der Waals surface area (Å²) in [6.07, 6.45) is 10.9. The molecule has 2 heterocycles. The predicted molar refractivity (Wildman–Crippen MR) is 198 cm³/mol. The van der Waals surface area contributed by atoms with Crippen molar-refractivity contribution in [3.8, 4) is 22.3 Å². The summed E-state index contributed by atoms with van der Waals surface area (Å²) in [5.41, 5.74) is 14.2. The summed E-state index contributed by atoms with van der Waals surface area (Å²) < 4.78 is 15.1. The van der Waals surface area contributed by atoms with Gasteiger partial charge in [-0.05, 0) is 84.3 Å². The number of anilines is 3. The van der Waals surface area contributed by atoms with Crippen LogP contribution in [0.15, 0.2) is 72.9 Å². The molecule has 0 saturated heterocycles. The Balaban J connectivity index is 0.000000670. The van der Waals surface area contributed by atoms with Crippen LogP contribution in [0.3, 0.4) is 0 Å². The minimum atomic E-state index is -0.361. The van der Waals surface area contributed by atoms with Crippen LogP contribution in [-0.4, -0.2) is 16.8 Å². The Bertz CT molecular complexity index is 1680. The zero-order chi connectivity index (χ0) is 34.6. The molecule has 2 bridgehead atoms. The minimum absolute atomic E-state index is 0.120. The molecule has 3 aromatic carbocycles. The number of pyridine rings is 1. The van der Waals surface area contributed by atoms with Crippen LogP contribution in [0, 0.1) is 11.7 Å². The number of hydrogen-bond donors (Lipinski definition) is 3. The number of hydrogen-bond acceptors (Lipinski definition) is 4. The average molecular weight is 651 g/mol. The molecule has 1 aliphatic carbocycles. The lowest BCUT2D eigenvalue weighted by Crippen LogP contribution is -2.14. The molecule has 254 valence electrons. The van der Waals surface area contributed by atoms with Crippen molar-refractivity contribution in [2.45, 2.75) is 98.3 Å². The van der Waals surface area contributed by atoms with Gasteiger partial charge in [0.05, 0.1) is 5.69 Å². The molecule has 1 aromatic heterocycles. The Hall–Kier alpha value is -4.52. The van der Waals surface area contributed by atoms with Crippen molar-refractivity contribution in [3.63, 3.8) is 0 Å². The number of carbonyl (C=O) groups is 2. The van der Waals surface area contributed by atoms with Gasteiger partial charge in [-0.2, -0.15) is 0 Å². The molecule has 2 aliphatic rings. The van der Waals surface area contributed by atoms with Gasteiger partial charge >= 0.3 is 0 Å². The fourth-order valence-electron chi connectivity index (χ4n) is 6.16. The molecule has 0 spiro atoms. The molecule has 1 saturated carbocycles. The molecule has 1 unspecified atom stereocenters. The topological polar surface area (TPSA) is 97.1 Å². The molecule has 4 aromatic rings. The number of rotatable bonds is 5. The Kier molecular flexibility index (Phi) is 13.3. The minimum Gasteiger partial charge on any atom is -0.398 e. The first-order chi connectivity index (χ1) is 23.2. The van der Waals surface area contributed by atoms with Crippen molar-refractivity contribution in [2.24, 2.45) is 5.92 Å². The van der Waals surface area contributed by atoms with Crippen LogP contribution in [0.25, 0.3) is 22.3 Å². The third kappa shape index (κ3) is 9.75. The lowest BCUT2D eigenvalue weighted by molar-refractivity contribution is -0.116. The van der Waals surface area contributed by atoms with E-state index >= 15 is 4.39 Å². The fourth-order valence-corrected chi connectivity index (χ4v) is 6.16. The van der Waals surface area contributed by atoms with Crippen LogP contribution in [0.2, 0.25) is 0 Å². The number of nitrogens with one attached hydrogen (secondary N) is 2. The summed E-state index contributed by atoms with van der Waals surface area (Å²) >= 11 is 0. The van der Waals surface area contributed by atoms with E-state index in [4.69, 9.17) is 10.7 Å². The van der Waals surface area contributed by atoms with E-state index in [1.54, 1.807) is 24.3 Å². The van der Waals surface area contributed by atoms with Crippen LogP contribution in [-0.2, 0) is 16.0 Å². The average Bonchev–Trinajstić information content (AvgIpc) is 3.05. The first-order valence-electron chi connectivity index (χ1n) is 17.6. The second-order valence-corrected chi connectivity index (χ2v) is 12.7. The highest BCUT2D eigenvalue weighted by Gasteiger charge is 2.21. The van der Waals surface area contributed by atoms with E-state index < -0.39 is 0 Å². The summed E-state index contributed by atoms with van der Waals surface area (Å²) in [4.78, 5) is 29.3. The van der Waals surface area contributed by atoms with Crippen molar-refractivity contribution in [2.75, 3.05) is 16.4 Å². The van der Waals surface area contributed by atoms with E-state index in [9.17, 15) is 9.59 Å². The van der Waals surface area contributed by atoms with Gasteiger partial charge in [-0.3, -0.25) is 14.6 Å². The molecule has 48 heavy (non-hydrogen) atoms. The zero-order valence-corrected chi connectivity index (χ0v) is 29.2. The molecule has 6 nitrogen and oxygen atoms in total. The fraction of sp³-hybridized carbons (Fsp3) is 0.390. The van der Waals surface area contributed by atoms with Gasteiger partial charge in [-0.25, -0.2) is 4.39 Å². The van der Waals surface area contributed by atoms with Crippen LogP contribution in [0.4, 0.5) is 21.5 Å². The largest absolute Gasteiger partial charge is 0.398 e. The molecule has 1 aliphatic heterocycles. The third-order valence-corrected chi connectivity index (χ3v) is 8.90. The third-order valence-electron chi connectivity index (χ3n) is 8.90. The highest BCUT2D eigenvalue weighted by Crippen LogP contribution is 2.38. The van der Waals surface area contributed by atoms with Crippen molar-refractivity contribution in [3.05, 3.63) is 95.6 Å². The van der Waals surface area contributed by atoms with Gasteiger partial charge in [0.15, 0.2) is 0 Å². The van der Waals surface area contributed by atoms with E-state index in [0.29, 0.717) is 41.0 Å². The Morgan fingerprint density at radius 3 is 2.35 bits per heavy atom. The van der Waals surface area contributed by atoms with Gasteiger partial charge in [0, 0.05) is 59.2 Å². The van der Waals surface area contributed by atoms with E-state index in [2.05, 4.69) is 36.6 Å². The van der Waals surface area contributed by atoms with E-state index in [0.717, 1.165) is 54.0 Å². The summed E-state index contributed by atoms with van der Waals surface area (Å²) in [5.74, 6) is 0.224. The maximum absolute atomic E-state index is 15.1. The first kappa shape index (κ1) is 36.3. The zero-order valence-electron chi connectivity index (χ0n) is 29.2. The molecule has 0 radical (unpaired) electrons. The van der Waals surface area contributed by atoms with Gasteiger partial charge in [0.25, 0.3) is 0 Å². The highest BCUT2D eigenvalue weighted by atomic mass is 19.1. The van der Waals surface area contributed by atoms with Gasteiger partial charge in [-0.1, -0.05) is 84.1 Å². The lowest BCUT2D eigenvalue weighted by atomic mass is 9.87. The molecule has 1 atom stereocenters. The Morgan fingerprint density at radius 1 is 0.938 bits per heavy atom. The molecular formula is C41H51FN4O2. The quantitative estimate of drug-likeness (QED) is 0.187. The second-order valence-electron chi connectivity index (χ2n) is 12.7. The van der Waals surface area contributed by atoms with E-state index in [1.165, 1.54) is 37.8 Å². The molecule has 7 heteroatoms. The molecule has 1 fully saturated rings. The summed E-state index contributed by atoms with van der Waals surface area (Å²) in [6, 6.07) is 20.5. The number of benzene rings is 3. The monoisotopic (exact) mass is 650 g/mol. The maximum atomic E-state index is 15.1. The van der Waals surface area contributed by atoms with Crippen LogP contribution in [0.5, 0.6) is 0 Å². The lowest BCUT2D eigenvalue weighted by Gasteiger charge is -2.21. The number of carbonyl (C=O) groups excluding carboxylic acids is 2. The number of halogens is 1. The number of aromatic nitrogens is 1. The van der Waals surface area contributed by atoms with E-state index in [1.807, 2.05) is 44.3 Å². The smallest absolute Gasteiger partial charge is 0.224 e. The summed E-state index contributed by atoms with van der Waals surface area (Å²) in [6.45, 7) is 9.89. The maximum Gasteiger partial charge on any atom is 0.224 e. The van der Waals surface area contributed by atoms with Gasteiger partial charge in [0.1, 0.15) is 5.82 Å². The van der Waals surface area contributed by atoms with Crippen molar-refractivity contribution >= 4 is 28.9 Å². The SMILES string of the molecule is CC.CC1CCC1.CCCc1ccc(N)c(-c2ccc(C3CCCCC(=O)Nc4cc(NC(C)=O)ccc4-c4cc(F)cc3c4)nc2)c1. The number of nitrogen functional groups attached to an aromatic ring is 1. The van der Waals surface area contributed by atoms with E-state index in [-0.39, 0.29) is 23.5 Å². The van der Waals surface area contributed by atoms with Gasteiger partial charge in [-0.15, -0.1) is 0 Å². The number of fused-ring (bicyclic) bond motifs is 4. The predicted octanol–water partition coefficient (Wildman–Crippen LogP) is 10.5. The second kappa shape index (κ2) is 17.6. The first-order valence-corrected chi connectivity index (χ1v) is 17.6.